The Morgan fingerprint density at radius 2 is 2.10 bits per heavy atom. The molecule has 0 fully saturated rings. The van der Waals surface area contributed by atoms with Crippen molar-refractivity contribution in [3.63, 3.8) is 0 Å². The van der Waals surface area contributed by atoms with E-state index in [0.29, 0.717) is 5.02 Å². The minimum absolute atomic E-state index is 0.0114. The molecule has 0 spiro atoms. The van der Waals surface area contributed by atoms with Gasteiger partial charge in [-0.3, -0.25) is 4.68 Å². The van der Waals surface area contributed by atoms with Gasteiger partial charge in [-0.1, -0.05) is 18.5 Å². The van der Waals surface area contributed by atoms with Crippen molar-refractivity contribution in [1.29, 1.82) is 0 Å². The fraction of sp³-hybridized carbons (Fsp3) is 0.438. The van der Waals surface area contributed by atoms with E-state index in [1.54, 1.807) is 7.11 Å². The van der Waals surface area contributed by atoms with Crippen molar-refractivity contribution >= 4 is 11.6 Å². The SMILES string of the molecule is CCNC(c1cc(Cl)ccc1OC)c1c(C)nn(C)c1C. The van der Waals surface area contributed by atoms with Crippen LogP contribution < -0.4 is 10.1 Å². The molecule has 0 radical (unpaired) electrons. The van der Waals surface area contributed by atoms with Crippen LogP contribution in [0.25, 0.3) is 0 Å². The van der Waals surface area contributed by atoms with Crippen molar-refractivity contribution in [2.45, 2.75) is 26.8 Å². The van der Waals surface area contributed by atoms with Gasteiger partial charge in [0.05, 0.1) is 18.8 Å². The third kappa shape index (κ3) is 3.06. The average molecular weight is 308 g/mol. The third-order valence-electron chi connectivity index (χ3n) is 3.76. The number of ether oxygens (including phenoxy) is 1. The normalized spacial score (nSPS) is 12.5. The van der Waals surface area contributed by atoms with E-state index in [0.717, 1.165) is 29.2 Å². The van der Waals surface area contributed by atoms with Crippen LogP contribution in [0.15, 0.2) is 18.2 Å². The van der Waals surface area contributed by atoms with E-state index >= 15 is 0 Å². The van der Waals surface area contributed by atoms with Gasteiger partial charge in [-0.25, -0.2) is 0 Å². The molecule has 1 unspecified atom stereocenters. The number of nitrogens with zero attached hydrogens (tertiary/aromatic N) is 2. The summed E-state index contributed by atoms with van der Waals surface area (Å²) in [5.41, 5.74) is 4.37. The Morgan fingerprint density at radius 1 is 1.38 bits per heavy atom. The molecular formula is C16H22ClN3O. The number of benzene rings is 1. The van der Waals surface area contributed by atoms with E-state index in [4.69, 9.17) is 16.3 Å². The number of methoxy groups -OCH3 is 1. The Bertz CT molecular complexity index is 637. The summed E-state index contributed by atoms with van der Waals surface area (Å²) in [4.78, 5) is 0. The number of hydrogen-bond acceptors (Lipinski definition) is 3. The maximum absolute atomic E-state index is 6.19. The predicted octanol–water partition coefficient (Wildman–Crippen LogP) is 3.40. The summed E-state index contributed by atoms with van der Waals surface area (Å²) in [6.07, 6.45) is 0. The Kier molecular flexibility index (Phi) is 4.91. The first-order chi connectivity index (χ1) is 9.99. The van der Waals surface area contributed by atoms with E-state index in [2.05, 4.69) is 24.3 Å². The summed E-state index contributed by atoms with van der Waals surface area (Å²) in [6.45, 7) is 7.04. The lowest BCUT2D eigenvalue weighted by Gasteiger charge is -2.22. The van der Waals surface area contributed by atoms with Gasteiger partial charge in [-0.2, -0.15) is 5.10 Å². The third-order valence-corrected chi connectivity index (χ3v) is 4.00. The molecule has 2 rings (SSSR count). The van der Waals surface area contributed by atoms with Crippen LogP contribution in [0, 0.1) is 13.8 Å². The lowest BCUT2D eigenvalue weighted by Crippen LogP contribution is -2.23. The molecule has 1 N–H and O–H groups in total. The number of halogens is 1. The standard InChI is InChI=1S/C16H22ClN3O/c1-6-18-16(15-10(2)19-20(4)11(15)3)13-9-12(17)7-8-14(13)21-5/h7-9,16,18H,6H2,1-5H3. The Labute approximate surface area is 131 Å². The van der Waals surface area contributed by atoms with Crippen LogP contribution in [0.3, 0.4) is 0 Å². The molecule has 0 aliphatic carbocycles. The zero-order chi connectivity index (χ0) is 15.6. The summed E-state index contributed by atoms with van der Waals surface area (Å²) >= 11 is 6.19. The van der Waals surface area contributed by atoms with Crippen molar-refractivity contribution in [3.05, 3.63) is 45.7 Å². The van der Waals surface area contributed by atoms with Gasteiger partial charge in [-0.05, 0) is 38.6 Å². The lowest BCUT2D eigenvalue weighted by atomic mass is 9.96. The molecule has 0 aliphatic rings. The minimum atomic E-state index is 0.0114. The minimum Gasteiger partial charge on any atom is -0.496 e. The Morgan fingerprint density at radius 3 is 2.62 bits per heavy atom. The van der Waals surface area contributed by atoms with Gasteiger partial charge < -0.3 is 10.1 Å². The van der Waals surface area contributed by atoms with Crippen LogP contribution >= 0.6 is 11.6 Å². The second-order valence-electron chi connectivity index (χ2n) is 5.09. The summed E-state index contributed by atoms with van der Waals surface area (Å²) < 4.78 is 7.42. The van der Waals surface area contributed by atoms with Crippen molar-refractivity contribution in [1.82, 2.24) is 15.1 Å². The molecule has 0 aliphatic heterocycles. The molecule has 0 saturated carbocycles. The quantitative estimate of drug-likeness (QED) is 0.920. The summed E-state index contributed by atoms with van der Waals surface area (Å²) in [7, 11) is 3.64. The number of aromatic nitrogens is 2. The van der Waals surface area contributed by atoms with Gasteiger partial charge in [0.15, 0.2) is 0 Å². The van der Waals surface area contributed by atoms with Gasteiger partial charge in [0.25, 0.3) is 0 Å². The van der Waals surface area contributed by atoms with Crippen LogP contribution in [0.4, 0.5) is 0 Å². The number of rotatable bonds is 5. The van der Waals surface area contributed by atoms with Crippen LogP contribution in [0.1, 0.15) is 35.5 Å². The molecule has 114 valence electrons. The fourth-order valence-corrected chi connectivity index (χ4v) is 2.89. The Hall–Kier alpha value is -1.52. The maximum Gasteiger partial charge on any atom is 0.124 e. The number of hydrogen-bond donors (Lipinski definition) is 1. The Balaban J connectivity index is 2.61. The smallest absolute Gasteiger partial charge is 0.124 e. The van der Waals surface area contributed by atoms with Gasteiger partial charge in [0, 0.05) is 28.9 Å². The number of nitrogens with one attached hydrogen (secondary N) is 1. The molecule has 1 aromatic carbocycles. The van der Waals surface area contributed by atoms with Crippen LogP contribution in [0.5, 0.6) is 5.75 Å². The van der Waals surface area contributed by atoms with Crippen molar-refractivity contribution < 1.29 is 4.74 Å². The first-order valence-electron chi connectivity index (χ1n) is 7.06. The summed E-state index contributed by atoms with van der Waals surface area (Å²) in [5.74, 6) is 0.827. The highest BCUT2D eigenvalue weighted by Crippen LogP contribution is 2.34. The van der Waals surface area contributed by atoms with Gasteiger partial charge in [0.1, 0.15) is 5.75 Å². The summed E-state index contributed by atoms with van der Waals surface area (Å²) in [6, 6.07) is 5.72. The second-order valence-corrected chi connectivity index (χ2v) is 5.52. The predicted molar refractivity (Wildman–Crippen MR) is 86.2 cm³/mol. The highest BCUT2D eigenvalue weighted by atomic mass is 35.5. The van der Waals surface area contributed by atoms with Gasteiger partial charge in [0.2, 0.25) is 0 Å². The molecule has 1 heterocycles. The molecule has 0 saturated heterocycles. The van der Waals surface area contributed by atoms with E-state index in [1.807, 2.05) is 36.9 Å². The van der Waals surface area contributed by atoms with Crippen molar-refractivity contribution in [2.75, 3.05) is 13.7 Å². The molecular weight excluding hydrogens is 286 g/mol. The van der Waals surface area contributed by atoms with E-state index in [-0.39, 0.29) is 6.04 Å². The molecule has 21 heavy (non-hydrogen) atoms. The van der Waals surface area contributed by atoms with E-state index < -0.39 is 0 Å². The maximum atomic E-state index is 6.19. The average Bonchev–Trinajstić information content (AvgIpc) is 2.70. The molecule has 2 aromatic rings. The highest BCUT2D eigenvalue weighted by Gasteiger charge is 2.24. The first-order valence-corrected chi connectivity index (χ1v) is 7.44. The molecule has 0 amide bonds. The molecule has 1 atom stereocenters. The zero-order valence-corrected chi connectivity index (χ0v) is 14.0. The largest absolute Gasteiger partial charge is 0.496 e. The van der Waals surface area contributed by atoms with Crippen molar-refractivity contribution in [3.8, 4) is 5.75 Å². The zero-order valence-electron chi connectivity index (χ0n) is 13.2. The topological polar surface area (TPSA) is 39.1 Å². The van der Waals surface area contributed by atoms with Crippen LogP contribution in [-0.2, 0) is 7.05 Å². The molecule has 4 nitrogen and oxygen atoms in total. The number of aryl methyl sites for hydroxylation is 2. The lowest BCUT2D eigenvalue weighted by molar-refractivity contribution is 0.404. The van der Waals surface area contributed by atoms with Gasteiger partial charge >= 0.3 is 0 Å². The second kappa shape index (κ2) is 6.50. The highest BCUT2D eigenvalue weighted by molar-refractivity contribution is 6.30. The fourth-order valence-electron chi connectivity index (χ4n) is 2.71. The molecule has 1 aromatic heterocycles. The first kappa shape index (κ1) is 15.9. The van der Waals surface area contributed by atoms with Crippen LogP contribution in [0.2, 0.25) is 5.02 Å². The van der Waals surface area contributed by atoms with Crippen LogP contribution in [-0.4, -0.2) is 23.4 Å². The molecule has 5 heteroatoms. The summed E-state index contributed by atoms with van der Waals surface area (Å²) in [5, 5.41) is 8.74. The van der Waals surface area contributed by atoms with E-state index in [1.165, 1.54) is 5.56 Å². The van der Waals surface area contributed by atoms with E-state index in [9.17, 15) is 0 Å². The monoisotopic (exact) mass is 307 g/mol. The van der Waals surface area contributed by atoms with Crippen molar-refractivity contribution in [2.24, 2.45) is 7.05 Å². The molecule has 0 bridgehead atoms. The van der Waals surface area contributed by atoms with Gasteiger partial charge in [-0.15, -0.1) is 0 Å².